The van der Waals surface area contributed by atoms with E-state index < -0.39 is 0 Å². The van der Waals surface area contributed by atoms with Crippen LogP contribution in [0.4, 0.5) is 0 Å². The molecule has 0 fully saturated rings. The normalized spacial score (nSPS) is 12.3. The number of hydrogen-bond donors (Lipinski definition) is 1. The largest absolute Gasteiger partial charge is 0.497 e. The van der Waals surface area contributed by atoms with Crippen LogP contribution in [0, 0.1) is 0 Å². The fourth-order valence-corrected chi connectivity index (χ4v) is 2.43. The maximum absolute atomic E-state index is 6.43. The number of fused-ring (bicyclic) bond motifs is 1. The summed E-state index contributed by atoms with van der Waals surface area (Å²) in [6.45, 7) is 0. The number of pyridine rings is 1. The van der Waals surface area contributed by atoms with E-state index in [0.717, 1.165) is 27.6 Å². The second-order valence-corrected chi connectivity index (χ2v) is 4.70. The highest BCUT2D eigenvalue weighted by atomic mass is 16.5. The Morgan fingerprint density at radius 3 is 2.80 bits per heavy atom. The van der Waals surface area contributed by atoms with Crippen LogP contribution in [0.5, 0.6) is 5.75 Å². The first-order chi connectivity index (χ1) is 9.79. The number of methoxy groups -OCH3 is 1. The molecular weight excluding hydrogens is 248 g/mol. The smallest absolute Gasteiger partial charge is 0.119 e. The quantitative estimate of drug-likeness (QED) is 0.789. The van der Waals surface area contributed by atoms with Gasteiger partial charge in [0.2, 0.25) is 0 Å². The van der Waals surface area contributed by atoms with Gasteiger partial charge >= 0.3 is 0 Å². The van der Waals surface area contributed by atoms with Crippen molar-refractivity contribution in [3.63, 3.8) is 0 Å². The van der Waals surface area contributed by atoms with Gasteiger partial charge in [-0.1, -0.05) is 30.3 Å². The molecule has 3 aromatic rings. The zero-order valence-corrected chi connectivity index (χ0v) is 11.3. The van der Waals surface area contributed by atoms with E-state index in [1.54, 1.807) is 13.3 Å². The number of rotatable bonds is 3. The second-order valence-electron chi connectivity index (χ2n) is 4.70. The van der Waals surface area contributed by atoms with Gasteiger partial charge in [-0.2, -0.15) is 0 Å². The van der Waals surface area contributed by atoms with E-state index in [-0.39, 0.29) is 6.04 Å². The van der Waals surface area contributed by atoms with Crippen LogP contribution in [0.15, 0.2) is 60.9 Å². The number of benzene rings is 2. The second kappa shape index (κ2) is 5.31. The summed E-state index contributed by atoms with van der Waals surface area (Å²) in [5.41, 5.74) is 8.56. The van der Waals surface area contributed by atoms with Gasteiger partial charge in [-0.25, -0.2) is 0 Å². The van der Waals surface area contributed by atoms with Gasteiger partial charge in [0.05, 0.1) is 13.2 Å². The average Bonchev–Trinajstić information content (AvgIpc) is 2.53. The number of nitrogens with zero attached hydrogens (tertiary/aromatic N) is 1. The summed E-state index contributed by atoms with van der Waals surface area (Å²) in [6.07, 6.45) is 3.65. The standard InChI is InChI=1S/C17H16N2O/c1-20-14-6-2-4-12(10-14)17(18)16-7-3-5-13-11-19-9-8-15(13)16/h2-11,17H,18H2,1H3. The molecule has 3 nitrogen and oxygen atoms in total. The molecule has 0 radical (unpaired) electrons. The molecule has 3 rings (SSSR count). The van der Waals surface area contributed by atoms with Gasteiger partial charge in [0.1, 0.15) is 5.75 Å². The Labute approximate surface area is 118 Å². The Kier molecular flexibility index (Phi) is 3.35. The highest BCUT2D eigenvalue weighted by Gasteiger charge is 2.12. The molecule has 0 aliphatic rings. The Morgan fingerprint density at radius 1 is 1.10 bits per heavy atom. The summed E-state index contributed by atoms with van der Waals surface area (Å²) in [5.74, 6) is 0.819. The number of nitrogens with two attached hydrogens (primary N) is 1. The van der Waals surface area contributed by atoms with E-state index in [0.29, 0.717) is 0 Å². The predicted octanol–water partition coefficient (Wildman–Crippen LogP) is 3.29. The van der Waals surface area contributed by atoms with Crippen LogP contribution in [0.1, 0.15) is 17.2 Å². The third-order valence-corrected chi connectivity index (χ3v) is 3.50. The van der Waals surface area contributed by atoms with Crippen molar-refractivity contribution < 1.29 is 4.74 Å². The molecule has 0 aliphatic carbocycles. The van der Waals surface area contributed by atoms with Crippen LogP contribution in [0.3, 0.4) is 0 Å². The van der Waals surface area contributed by atoms with E-state index in [1.165, 1.54) is 0 Å². The molecule has 1 unspecified atom stereocenters. The van der Waals surface area contributed by atoms with Crippen LogP contribution in [0.25, 0.3) is 10.8 Å². The minimum Gasteiger partial charge on any atom is -0.497 e. The van der Waals surface area contributed by atoms with Gasteiger partial charge in [0.15, 0.2) is 0 Å². The monoisotopic (exact) mass is 264 g/mol. The van der Waals surface area contributed by atoms with Crippen molar-refractivity contribution in [3.8, 4) is 5.75 Å². The Bertz CT molecular complexity index is 734. The van der Waals surface area contributed by atoms with Crippen molar-refractivity contribution in [2.45, 2.75) is 6.04 Å². The predicted molar refractivity (Wildman–Crippen MR) is 80.8 cm³/mol. The summed E-state index contributed by atoms with van der Waals surface area (Å²) in [7, 11) is 1.66. The average molecular weight is 264 g/mol. The number of aromatic nitrogens is 1. The lowest BCUT2D eigenvalue weighted by Gasteiger charge is -2.16. The molecule has 0 amide bonds. The highest BCUT2D eigenvalue weighted by molar-refractivity contribution is 5.85. The summed E-state index contributed by atoms with van der Waals surface area (Å²) in [6, 6.07) is 15.8. The Balaban J connectivity index is 2.10. The van der Waals surface area contributed by atoms with Crippen molar-refractivity contribution in [1.29, 1.82) is 0 Å². The molecule has 0 saturated heterocycles. The third-order valence-electron chi connectivity index (χ3n) is 3.50. The number of ether oxygens (including phenoxy) is 1. The van der Waals surface area contributed by atoms with E-state index in [2.05, 4.69) is 11.1 Å². The van der Waals surface area contributed by atoms with Crippen LogP contribution in [0.2, 0.25) is 0 Å². The first-order valence-electron chi connectivity index (χ1n) is 6.52. The summed E-state index contributed by atoms with van der Waals surface area (Å²) >= 11 is 0. The fraction of sp³-hybridized carbons (Fsp3) is 0.118. The topological polar surface area (TPSA) is 48.1 Å². The third kappa shape index (κ3) is 2.24. The Hall–Kier alpha value is -2.39. The molecule has 20 heavy (non-hydrogen) atoms. The molecular formula is C17H16N2O. The van der Waals surface area contributed by atoms with Crippen LogP contribution in [-0.2, 0) is 0 Å². The lowest BCUT2D eigenvalue weighted by Crippen LogP contribution is -2.12. The van der Waals surface area contributed by atoms with Crippen molar-refractivity contribution in [3.05, 3.63) is 72.1 Å². The van der Waals surface area contributed by atoms with Gasteiger partial charge in [0.25, 0.3) is 0 Å². The lowest BCUT2D eigenvalue weighted by molar-refractivity contribution is 0.414. The SMILES string of the molecule is COc1cccc(C(N)c2cccc3cnccc23)c1. The molecule has 0 spiro atoms. The zero-order valence-electron chi connectivity index (χ0n) is 11.3. The first-order valence-corrected chi connectivity index (χ1v) is 6.52. The lowest BCUT2D eigenvalue weighted by atomic mass is 9.95. The molecule has 3 heteroatoms. The minimum atomic E-state index is -0.184. The highest BCUT2D eigenvalue weighted by Crippen LogP contribution is 2.28. The first kappa shape index (κ1) is 12.6. The molecule has 2 aromatic carbocycles. The molecule has 0 aliphatic heterocycles. The van der Waals surface area contributed by atoms with E-state index in [9.17, 15) is 0 Å². The minimum absolute atomic E-state index is 0.184. The molecule has 2 N–H and O–H groups in total. The van der Waals surface area contributed by atoms with Gasteiger partial charge in [-0.3, -0.25) is 4.98 Å². The molecule has 1 atom stereocenters. The summed E-state index contributed by atoms with van der Waals surface area (Å²) < 4.78 is 5.26. The maximum Gasteiger partial charge on any atom is 0.119 e. The van der Waals surface area contributed by atoms with Crippen molar-refractivity contribution in [1.82, 2.24) is 4.98 Å². The molecule has 100 valence electrons. The zero-order chi connectivity index (χ0) is 13.9. The van der Waals surface area contributed by atoms with Gasteiger partial charge in [0, 0.05) is 17.8 Å². The fourth-order valence-electron chi connectivity index (χ4n) is 2.43. The summed E-state index contributed by atoms with van der Waals surface area (Å²) in [5, 5.41) is 2.24. The van der Waals surface area contributed by atoms with Gasteiger partial charge < -0.3 is 10.5 Å². The summed E-state index contributed by atoms with van der Waals surface area (Å²) in [4.78, 5) is 4.15. The molecule has 0 saturated carbocycles. The van der Waals surface area contributed by atoms with Crippen molar-refractivity contribution >= 4 is 10.8 Å². The van der Waals surface area contributed by atoms with Crippen molar-refractivity contribution in [2.24, 2.45) is 5.73 Å². The van der Waals surface area contributed by atoms with Crippen LogP contribution >= 0.6 is 0 Å². The van der Waals surface area contributed by atoms with Crippen LogP contribution in [-0.4, -0.2) is 12.1 Å². The maximum atomic E-state index is 6.43. The molecule has 1 aromatic heterocycles. The van der Waals surface area contributed by atoms with E-state index in [4.69, 9.17) is 10.5 Å². The molecule has 1 heterocycles. The van der Waals surface area contributed by atoms with Gasteiger partial charge in [-0.15, -0.1) is 0 Å². The Morgan fingerprint density at radius 2 is 1.95 bits per heavy atom. The molecule has 0 bridgehead atoms. The van der Waals surface area contributed by atoms with Gasteiger partial charge in [-0.05, 0) is 34.7 Å². The van der Waals surface area contributed by atoms with E-state index >= 15 is 0 Å². The van der Waals surface area contributed by atoms with Crippen LogP contribution < -0.4 is 10.5 Å². The van der Waals surface area contributed by atoms with Crippen molar-refractivity contribution in [2.75, 3.05) is 7.11 Å². The number of hydrogen-bond acceptors (Lipinski definition) is 3. The van der Waals surface area contributed by atoms with E-state index in [1.807, 2.05) is 48.7 Å².